The van der Waals surface area contributed by atoms with E-state index in [0.717, 1.165) is 4.88 Å². The van der Waals surface area contributed by atoms with E-state index >= 15 is 0 Å². The van der Waals surface area contributed by atoms with Gasteiger partial charge in [0.1, 0.15) is 17.6 Å². The second-order valence-electron chi connectivity index (χ2n) is 4.74. The quantitative estimate of drug-likeness (QED) is 0.779. The van der Waals surface area contributed by atoms with Crippen LogP contribution in [0.1, 0.15) is 28.2 Å². The van der Waals surface area contributed by atoms with E-state index in [9.17, 15) is 4.79 Å². The molecule has 0 radical (unpaired) electrons. The summed E-state index contributed by atoms with van der Waals surface area (Å²) in [7, 11) is 0. The minimum Gasteiger partial charge on any atom is -0.436 e. The third kappa shape index (κ3) is 3.70. The summed E-state index contributed by atoms with van der Waals surface area (Å²) in [5.41, 5.74) is 0.278. The van der Waals surface area contributed by atoms with Crippen molar-refractivity contribution >= 4 is 17.2 Å². The maximum atomic E-state index is 12.5. The van der Waals surface area contributed by atoms with Crippen molar-refractivity contribution in [3.63, 3.8) is 0 Å². The first-order valence-corrected chi connectivity index (χ1v) is 7.84. The van der Waals surface area contributed by atoms with Crippen molar-refractivity contribution < 1.29 is 9.53 Å². The molecule has 3 rings (SSSR count). The fourth-order valence-electron chi connectivity index (χ4n) is 1.96. The first-order chi connectivity index (χ1) is 11.2. The lowest BCUT2D eigenvalue weighted by atomic mass is 10.2. The summed E-state index contributed by atoms with van der Waals surface area (Å²) in [6, 6.07) is 7.31. The Morgan fingerprint density at radius 2 is 2.17 bits per heavy atom. The van der Waals surface area contributed by atoms with Crippen molar-refractivity contribution in [2.75, 3.05) is 0 Å². The Hall–Kier alpha value is -2.80. The lowest BCUT2D eigenvalue weighted by Gasteiger charge is -2.13. The van der Waals surface area contributed by atoms with Crippen molar-refractivity contribution in [3.05, 3.63) is 65.0 Å². The van der Waals surface area contributed by atoms with E-state index in [1.165, 1.54) is 12.5 Å². The van der Waals surface area contributed by atoms with Gasteiger partial charge in [0.25, 0.3) is 5.91 Å². The molecule has 116 valence electrons. The van der Waals surface area contributed by atoms with Crippen LogP contribution in [0.25, 0.3) is 0 Å². The summed E-state index contributed by atoms with van der Waals surface area (Å²) in [5.74, 6) is 0.417. The van der Waals surface area contributed by atoms with E-state index in [4.69, 9.17) is 4.74 Å². The minimum absolute atomic E-state index is 0.103. The van der Waals surface area contributed by atoms with E-state index in [0.29, 0.717) is 5.75 Å². The number of rotatable bonds is 5. The standard InChI is InChI=1S/C16H14N4O2S/c1-11(14-5-3-7-23-14)20-15(21)13-9-18-10-19-16(13)22-12-4-2-6-17-8-12/h2-11H,1H3,(H,20,21)/t11-/m0/s1. The second-order valence-corrected chi connectivity index (χ2v) is 5.72. The van der Waals surface area contributed by atoms with Crippen molar-refractivity contribution in [1.82, 2.24) is 20.3 Å². The molecule has 3 aromatic heterocycles. The summed E-state index contributed by atoms with van der Waals surface area (Å²) in [5, 5.41) is 4.89. The number of carbonyl (C=O) groups excluding carboxylic acids is 1. The molecule has 0 saturated carbocycles. The van der Waals surface area contributed by atoms with Gasteiger partial charge >= 0.3 is 0 Å². The van der Waals surface area contributed by atoms with Crippen LogP contribution in [0.4, 0.5) is 0 Å². The Morgan fingerprint density at radius 1 is 1.26 bits per heavy atom. The number of thiophene rings is 1. The maximum Gasteiger partial charge on any atom is 0.258 e. The number of amides is 1. The molecule has 0 aliphatic carbocycles. The molecule has 23 heavy (non-hydrogen) atoms. The number of carbonyl (C=O) groups is 1. The molecule has 0 saturated heterocycles. The molecule has 0 spiro atoms. The number of nitrogens with zero attached hydrogens (tertiary/aromatic N) is 3. The molecule has 0 bridgehead atoms. The fraction of sp³-hybridized carbons (Fsp3) is 0.125. The van der Waals surface area contributed by atoms with Crippen LogP contribution in [-0.2, 0) is 0 Å². The fourth-order valence-corrected chi connectivity index (χ4v) is 2.69. The number of hydrogen-bond acceptors (Lipinski definition) is 6. The number of ether oxygens (including phenoxy) is 1. The highest BCUT2D eigenvalue weighted by atomic mass is 32.1. The molecule has 1 amide bonds. The van der Waals surface area contributed by atoms with Gasteiger partial charge in [0.2, 0.25) is 5.88 Å². The van der Waals surface area contributed by atoms with Crippen LogP contribution in [-0.4, -0.2) is 20.9 Å². The van der Waals surface area contributed by atoms with Crippen LogP contribution in [0.2, 0.25) is 0 Å². The largest absolute Gasteiger partial charge is 0.436 e. The lowest BCUT2D eigenvalue weighted by molar-refractivity contribution is 0.0937. The molecule has 0 aliphatic rings. The third-order valence-electron chi connectivity index (χ3n) is 3.09. The van der Waals surface area contributed by atoms with Crippen molar-refractivity contribution in [2.24, 2.45) is 0 Å². The molecule has 0 aliphatic heterocycles. The van der Waals surface area contributed by atoms with Crippen LogP contribution < -0.4 is 10.1 Å². The van der Waals surface area contributed by atoms with Gasteiger partial charge in [0.15, 0.2) is 0 Å². The minimum atomic E-state index is -0.287. The zero-order valence-corrected chi connectivity index (χ0v) is 13.2. The first-order valence-electron chi connectivity index (χ1n) is 6.96. The van der Waals surface area contributed by atoms with Crippen LogP contribution in [0.5, 0.6) is 11.6 Å². The number of aromatic nitrogens is 3. The average molecular weight is 326 g/mol. The molecular formula is C16H14N4O2S. The first kappa shape index (κ1) is 15.1. The summed E-state index contributed by atoms with van der Waals surface area (Å²) in [6.45, 7) is 1.93. The Kier molecular flexibility index (Phi) is 4.58. The van der Waals surface area contributed by atoms with Gasteiger partial charge in [-0.25, -0.2) is 9.97 Å². The van der Waals surface area contributed by atoms with Gasteiger partial charge in [-0.1, -0.05) is 6.07 Å². The number of hydrogen-bond donors (Lipinski definition) is 1. The van der Waals surface area contributed by atoms with Crippen molar-refractivity contribution in [2.45, 2.75) is 13.0 Å². The van der Waals surface area contributed by atoms with E-state index in [2.05, 4.69) is 20.3 Å². The molecule has 0 fully saturated rings. The second kappa shape index (κ2) is 6.97. The SMILES string of the molecule is C[C@H](NC(=O)c1cncnc1Oc1cccnc1)c1cccs1. The molecule has 6 nitrogen and oxygen atoms in total. The van der Waals surface area contributed by atoms with Crippen LogP contribution >= 0.6 is 11.3 Å². The van der Waals surface area contributed by atoms with Crippen LogP contribution in [0.15, 0.2) is 54.6 Å². The number of pyridine rings is 1. The average Bonchev–Trinajstić information content (AvgIpc) is 3.11. The Balaban J connectivity index is 1.78. The monoisotopic (exact) mass is 326 g/mol. The zero-order valence-electron chi connectivity index (χ0n) is 12.3. The van der Waals surface area contributed by atoms with Crippen LogP contribution in [0, 0.1) is 0 Å². The normalized spacial score (nSPS) is 11.7. The molecule has 3 heterocycles. The highest BCUT2D eigenvalue weighted by Crippen LogP contribution is 2.23. The highest BCUT2D eigenvalue weighted by Gasteiger charge is 2.18. The van der Waals surface area contributed by atoms with Gasteiger partial charge in [0.05, 0.1) is 12.2 Å². The Bertz CT molecular complexity index is 778. The van der Waals surface area contributed by atoms with Gasteiger partial charge in [0, 0.05) is 17.3 Å². The summed E-state index contributed by atoms with van der Waals surface area (Å²) in [6.07, 6.45) is 5.97. The van der Waals surface area contributed by atoms with Gasteiger partial charge in [-0.05, 0) is 30.5 Å². The predicted molar refractivity (Wildman–Crippen MR) is 86.5 cm³/mol. The van der Waals surface area contributed by atoms with Gasteiger partial charge in [-0.15, -0.1) is 11.3 Å². The predicted octanol–water partition coefficient (Wildman–Crippen LogP) is 3.22. The highest BCUT2D eigenvalue weighted by molar-refractivity contribution is 7.10. The van der Waals surface area contributed by atoms with Crippen molar-refractivity contribution in [1.29, 1.82) is 0 Å². The van der Waals surface area contributed by atoms with Gasteiger partial charge < -0.3 is 10.1 Å². The summed E-state index contributed by atoms with van der Waals surface area (Å²) in [4.78, 5) is 25.5. The van der Waals surface area contributed by atoms with E-state index < -0.39 is 0 Å². The van der Waals surface area contributed by atoms with Gasteiger partial charge in [-0.2, -0.15) is 0 Å². The summed E-state index contributed by atoms with van der Waals surface area (Å²) >= 11 is 1.59. The smallest absolute Gasteiger partial charge is 0.258 e. The number of nitrogens with one attached hydrogen (secondary N) is 1. The van der Waals surface area contributed by atoms with E-state index in [1.807, 2.05) is 24.4 Å². The van der Waals surface area contributed by atoms with Gasteiger partial charge in [-0.3, -0.25) is 9.78 Å². The van der Waals surface area contributed by atoms with Crippen LogP contribution in [0.3, 0.4) is 0 Å². The molecule has 1 atom stereocenters. The molecule has 3 aromatic rings. The zero-order chi connectivity index (χ0) is 16.1. The summed E-state index contributed by atoms with van der Waals surface area (Å²) < 4.78 is 5.63. The maximum absolute atomic E-state index is 12.5. The molecular weight excluding hydrogens is 312 g/mol. The van der Waals surface area contributed by atoms with E-state index in [-0.39, 0.29) is 23.4 Å². The van der Waals surface area contributed by atoms with E-state index in [1.54, 1.807) is 35.9 Å². The third-order valence-corrected chi connectivity index (χ3v) is 4.14. The van der Waals surface area contributed by atoms with Crippen molar-refractivity contribution in [3.8, 4) is 11.6 Å². The topological polar surface area (TPSA) is 77.0 Å². The lowest BCUT2D eigenvalue weighted by Crippen LogP contribution is -2.26. The Morgan fingerprint density at radius 3 is 2.91 bits per heavy atom. The molecule has 0 unspecified atom stereocenters. The molecule has 0 aromatic carbocycles. The molecule has 7 heteroatoms. The molecule has 1 N–H and O–H groups in total. The Labute approximate surface area is 137 Å².